The lowest BCUT2D eigenvalue weighted by molar-refractivity contribution is 0.398. The molecule has 0 aliphatic heterocycles. The molecule has 0 nitrogen and oxygen atoms in total. The van der Waals surface area contributed by atoms with Gasteiger partial charge in [0.15, 0.2) is 0 Å². The van der Waals surface area contributed by atoms with Crippen molar-refractivity contribution in [1.82, 2.24) is 0 Å². The van der Waals surface area contributed by atoms with Gasteiger partial charge < -0.3 is 0 Å². The van der Waals surface area contributed by atoms with E-state index in [0.717, 1.165) is 0 Å². The first-order valence-electron chi connectivity index (χ1n) is 19.0. The third-order valence-electron chi connectivity index (χ3n) is 11.6. The molecule has 0 spiro atoms. The number of fused-ring (bicyclic) bond motifs is 3. The van der Waals surface area contributed by atoms with Crippen LogP contribution >= 0.6 is 0 Å². The number of hydrogen-bond acceptors (Lipinski definition) is 0. The fourth-order valence-electron chi connectivity index (χ4n) is 9.05. The Kier molecular flexibility index (Phi) is 9.40. The minimum atomic E-state index is 0.100. The molecule has 0 aromatic heterocycles. The van der Waals surface area contributed by atoms with Crippen LogP contribution in [0.4, 0.5) is 0 Å². The molecule has 7 rings (SSSR count). The molecule has 1 aliphatic carbocycles. The maximum atomic E-state index is 2.64. The van der Waals surface area contributed by atoms with E-state index < -0.39 is 0 Å². The number of rotatable bonds is 15. The summed E-state index contributed by atoms with van der Waals surface area (Å²) in [7, 11) is 0. The smallest absolute Gasteiger partial charge is 0.0215 e. The van der Waals surface area contributed by atoms with E-state index in [1.807, 2.05) is 0 Å². The van der Waals surface area contributed by atoms with Crippen molar-refractivity contribution in [2.45, 2.75) is 123 Å². The third kappa shape index (κ3) is 5.88. The van der Waals surface area contributed by atoms with Crippen LogP contribution in [0.2, 0.25) is 0 Å². The summed E-state index contributed by atoms with van der Waals surface area (Å²) in [5.74, 6) is 0. The van der Waals surface area contributed by atoms with Crippen molar-refractivity contribution in [3.63, 3.8) is 0 Å². The normalized spacial score (nSPS) is 13.6. The van der Waals surface area contributed by atoms with Crippen LogP contribution in [-0.2, 0) is 5.41 Å². The topological polar surface area (TPSA) is 0 Å². The van der Waals surface area contributed by atoms with E-state index in [-0.39, 0.29) is 5.41 Å². The number of aryl methyl sites for hydroxylation is 2. The Morgan fingerprint density at radius 2 is 0.957 bits per heavy atom. The van der Waals surface area contributed by atoms with Gasteiger partial charge in [-0.3, -0.25) is 0 Å². The summed E-state index contributed by atoms with van der Waals surface area (Å²) in [4.78, 5) is 0. The Hall–Kier alpha value is -3.64. The van der Waals surface area contributed by atoms with Crippen LogP contribution in [-0.4, -0.2) is 0 Å². The molecule has 0 bridgehead atoms. The Bertz CT molecular complexity index is 1970. The second kappa shape index (κ2) is 13.8. The number of unbranched alkanes of at least 4 members (excludes halogenated alkanes) is 10. The average Bonchev–Trinajstić information content (AvgIpc) is 3.35. The summed E-state index contributed by atoms with van der Waals surface area (Å²) in [5, 5.41) is 8.30. The second-order valence-corrected chi connectivity index (χ2v) is 14.8. The van der Waals surface area contributed by atoms with Gasteiger partial charge in [-0.05, 0) is 104 Å². The van der Waals surface area contributed by atoms with Gasteiger partial charge in [-0.1, -0.05) is 175 Å². The van der Waals surface area contributed by atoms with Crippen LogP contribution in [0.5, 0.6) is 0 Å². The molecule has 47 heavy (non-hydrogen) atoms. The van der Waals surface area contributed by atoms with Gasteiger partial charge in [-0.25, -0.2) is 0 Å². The van der Waals surface area contributed by atoms with E-state index in [2.05, 4.69) is 113 Å². The highest BCUT2D eigenvalue weighted by atomic mass is 14.5. The summed E-state index contributed by atoms with van der Waals surface area (Å²) >= 11 is 0. The first-order valence-corrected chi connectivity index (χ1v) is 19.0. The molecule has 6 aromatic carbocycles. The van der Waals surface area contributed by atoms with Crippen molar-refractivity contribution in [2.24, 2.45) is 0 Å². The lowest BCUT2D eigenvalue weighted by Gasteiger charge is -2.33. The predicted molar refractivity (Wildman–Crippen MR) is 207 cm³/mol. The van der Waals surface area contributed by atoms with Crippen LogP contribution in [0.3, 0.4) is 0 Å². The molecule has 242 valence electrons. The zero-order chi connectivity index (χ0) is 32.4. The maximum absolute atomic E-state index is 2.64. The summed E-state index contributed by atoms with van der Waals surface area (Å²) < 4.78 is 0. The monoisotopic (exact) mass is 618 g/mol. The molecule has 6 aromatic rings. The van der Waals surface area contributed by atoms with E-state index in [0.29, 0.717) is 0 Å². The van der Waals surface area contributed by atoms with Gasteiger partial charge in [0.2, 0.25) is 0 Å². The van der Waals surface area contributed by atoms with Gasteiger partial charge in [-0.15, -0.1) is 0 Å². The van der Waals surface area contributed by atoms with Crippen LogP contribution in [0.1, 0.15) is 126 Å². The van der Waals surface area contributed by atoms with Crippen LogP contribution in [0.25, 0.3) is 54.6 Å². The predicted octanol–water partition coefficient (Wildman–Crippen LogP) is 14.6. The summed E-state index contributed by atoms with van der Waals surface area (Å²) in [6, 6.07) is 33.6. The Balaban J connectivity index is 1.34. The summed E-state index contributed by atoms with van der Waals surface area (Å²) in [6.45, 7) is 9.19. The van der Waals surface area contributed by atoms with Gasteiger partial charge in [0, 0.05) is 5.41 Å². The van der Waals surface area contributed by atoms with Gasteiger partial charge >= 0.3 is 0 Å². The van der Waals surface area contributed by atoms with Gasteiger partial charge in [0.1, 0.15) is 0 Å². The van der Waals surface area contributed by atoms with Crippen LogP contribution in [0.15, 0.2) is 84.9 Å². The highest BCUT2D eigenvalue weighted by molar-refractivity contribution is 6.26. The first kappa shape index (κ1) is 31.9. The maximum Gasteiger partial charge on any atom is 0.0215 e. The number of benzene rings is 6. The standard InChI is InChI=1S/C47H54/c1-5-7-9-11-13-15-29-47(30-16-14-12-10-8-6-2)43-31-33(3)17-24-40(43)41-27-23-37(32-44(41)47)39-26-21-36-20-25-38-34(4)18-19-35-22-28-42(39)46(36)45(35)38/h17-28,31-32H,5-16,29-30H2,1-4H3. The minimum absolute atomic E-state index is 0.100. The molecule has 0 heteroatoms. The zero-order valence-corrected chi connectivity index (χ0v) is 29.5. The molecular formula is C47H54. The van der Waals surface area contributed by atoms with E-state index in [1.165, 1.54) is 156 Å². The van der Waals surface area contributed by atoms with E-state index >= 15 is 0 Å². The van der Waals surface area contributed by atoms with E-state index in [1.54, 1.807) is 11.1 Å². The molecule has 0 atom stereocenters. The van der Waals surface area contributed by atoms with E-state index in [9.17, 15) is 0 Å². The van der Waals surface area contributed by atoms with Crippen molar-refractivity contribution in [1.29, 1.82) is 0 Å². The Labute approximate surface area is 283 Å². The van der Waals surface area contributed by atoms with E-state index in [4.69, 9.17) is 0 Å². The Morgan fingerprint density at radius 3 is 1.64 bits per heavy atom. The lowest BCUT2D eigenvalue weighted by atomic mass is 9.70. The fourth-order valence-corrected chi connectivity index (χ4v) is 9.05. The van der Waals surface area contributed by atoms with Crippen molar-refractivity contribution in [2.75, 3.05) is 0 Å². The molecule has 0 N–H and O–H groups in total. The Morgan fingerprint density at radius 1 is 0.447 bits per heavy atom. The van der Waals surface area contributed by atoms with Crippen molar-refractivity contribution in [3.8, 4) is 22.3 Å². The summed E-state index contributed by atoms with van der Waals surface area (Å²) in [5.41, 5.74) is 11.8. The van der Waals surface area contributed by atoms with Crippen molar-refractivity contribution in [3.05, 3.63) is 107 Å². The van der Waals surface area contributed by atoms with Gasteiger partial charge in [0.05, 0.1) is 0 Å². The van der Waals surface area contributed by atoms with Crippen molar-refractivity contribution >= 4 is 32.3 Å². The molecule has 0 saturated heterocycles. The van der Waals surface area contributed by atoms with Crippen LogP contribution < -0.4 is 0 Å². The minimum Gasteiger partial charge on any atom is -0.0654 e. The van der Waals surface area contributed by atoms with Crippen LogP contribution in [0, 0.1) is 13.8 Å². The highest BCUT2D eigenvalue weighted by Gasteiger charge is 2.42. The molecule has 0 fully saturated rings. The molecule has 0 amide bonds. The SMILES string of the molecule is CCCCCCCCC1(CCCCCCCC)c2cc(C)ccc2-c2ccc(-c3ccc4ccc5c(C)ccc6ccc3c4c65)cc21. The summed E-state index contributed by atoms with van der Waals surface area (Å²) in [6.07, 6.45) is 18.7. The molecule has 0 heterocycles. The van der Waals surface area contributed by atoms with Crippen molar-refractivity contribution < 1.29 is 0 Å². The third-order valence-corrected chi connectivity index (χ3v) is 11.6. The average molecular weight is 619 g/mol. The largest absolute Gasteiger partial charge is 0.0654 e. The molecule has 0 radical (unpaired) electrons. The zero-order valence-electron chi connectivity index (χ0n) is 29.5. The fraction of sp³-hybridized carbons (Fsp3) is 0.404. The molecule has 0 saturated carbocycles. The molecule has 1 aliphatic rings. The molecular weight excluding hydrogens is 565 g/mol. The second-order valence-electron chi connectivity index (χ2n) is 14.8. The lowest BCUT2D eigenvalue weighted by Crippen LogP contribution is -2.25. The van der Waals surface area contributed by atoms with Gasteiger partial charge in [-0.2, -0.15) is 0 Å². The number of hydrogen-bond donors (Lipinski definition) is 0. The van der Waals surface area contributed by atoms with Gasteiger partial charge in [0.25, 0.3) is 0 Å². The molecule has 0 unspecified atom stereocenters. The highest BCUT2D eigenvalue weighted by Crippen LogP contribution is 2.55. The first-order chi connectivity index (χ1) is 23.1. The quantitative estimate of drug-likeness (QED) is 0.0793.